The minimum Gasteiger partial charge on any atom is -0.307 e. The summed E-state index contributed by atoms with van der Waals surface area (Å²) in [6, 6.07) is 112. The number of nitrogens with zero attached hydrogens (tertiary/aromatic N) is 8. The van der Waals surface area contributed by atoms with Crippen LogP contribution in [0.2, 0.25) is 0 Å². The molecule has 87 heavy (non-hydrogen) atoms. The molecule has 0 saturated heterocycles. The maximum atomic E-state index is 5.17. The van der Waals surface area contributed by atoms with Gasteiger partial charge in [-0.2, -0.15) is 9.97 Å². The molecule has 0 amide bonds. The molecule has 16 aromatic rings. The van der Waals surface area contributed by atoms with Crippen LogP contribution in [0.1, 0.15) is 0 Å². The molecule has 414 valence electrons. The molecule has 10 aromatic carbocycles. The van der Waals surface area contributed by atoms with E-state index >= 15 is 0 Å². The zero-order valence-corrected chi connectivity index (χ0v) is 49.4. The van der Waals surface area contributed by atoms with Crippen LogP contribution in [-0.2, 0) is 20.1 Å². The van der Waals surface area contributed by atoms with Gasteiger partial charge in [0.25, 0.3) is 0 Å². The number of para-hydroxylation sites is 3. The van der Waals surface area contributed by atoms with E-state index in [-0.39, 0.29) is 20.1 Å². The molecule has 0 aliphatic carbocycles. The zero-order valence-electron chi connectivity index (χ0n) is 47.0. The standard InChI is InChI=1S/C39H25N5.C17H12N.2C11H8N.Ir/c1-4-14-26(15-5-1)37-40-38(27-16-6-2-7-17-27)42-39(41-37)44-34-23-13-11-21-30(34)32-25-24-31-29-20-10-12-22-33(29)43(35(31)36(32)44)28-18-8-3-9-19-28;1-2-7-14(8-3-1)15-9-6-10-16(13-15)17-11-4-5-12-18-17;2*1-2-6-10(7-3-1)11-8-4-5-9-12-11;/h1-25H;1-9,11-13H;2*1-6,8-9H;/q;3*-1;+3. The average molecular weight is 1290 g/mol. The van der Waals surface area contributed by atoms with Crippen molar-refractivity contribution in [1.82, 2.24) is 39.0 Å². The number of pyridine rings is 3. The fourth-order valence-electron chi connectivity index (χ4n) is 10.5. The van der Waals surface area contributed by atoms with Gasteiger partial charge in [0.15, 0.2) is 11.6 Å². The number of hydrogen-bond donors (Lipinski definition) is 0. The molecule has 0 bridgehead atoms. The molecule has 0 spiro atoms. The van der Waals surface area contributed by atoms with E-state index in [2.05, 4.69) is 158 Å². The molecule has 16 rings (SSSR count). The van der Waals surface area contributed by atoms with Gasteiger partial charge in [0, 0.05) is 56.9 Å². The molecular formula is C78H53IrN8. The Hall–Kier alpha value is -11.1. The second kappa shape index (κ2) is 27.1. The van der Waals surface area contributed by atoms with Crippen LogP contribution in [0.25, 0.3) is 123 Å². The Balaban J connectivity index is 0.000000139. The van der Waals surface area contributed by atoms with Gasteiger partial charge in [-0.3, -0.25) is 4.57 Å². The molecule has 0 unspecified atom stereocenters. The molecule has 0 fully saturated rings. The average Bonchev–Trinajstić information content (AvgIpc) is 1.59. The van der Waals surface area contributed by atoms with Crippen LogP contribution in [0.3, 0.4) is 0 Å². The Bertz CT molecular complexity index is 4560. The molecule has 9 heteroatoms. The molecule has 0 radical (unpaired) electrons. The van der Waals surface area contributed by atoms with Gasteiger partial charge in [0.1, 0.15) is 0 Å². The van der Waals surface area contributed by atoms with E-state index in [1.54, 1.807) is 18.6 Å². The first-order valence-corrected chi connectivity index (χ1v) is 28.3. The van der Waals surface area contributed by atoms with Crippen molar-refractivity contribution < 1.29 is 20.1 Å². The van der Waals surface area contributed by atoms with Gasteiger partial charge in [-0.05, 0) is 65.1 Å². The Morgan fingerprint density at radius 1 is 0.276 bits per heavy atom. The molecule has 8 nitrogen and oxygen atoms in total. The second-order valence-electron chi connectivity index (χ2n) is 20.0. The monoisotopic (exact) mass is 1290 g/mol. The quantitative estimate of drug-likeness (QED) is 0.141. The predicted octanol–water partition coefficient (Wildman–Crippen LogP) is 18.7. The second-order valence-corrected chi connectivity index (χ2v) is 20.0. The predicted molar refractivity (Wildman–Crippen MR) is 350 cm³/mol. The van der Waals surface area contributed by atoms with E-state index in [1.807, 2.05) is 188 Å². The fourth-order valence-corrected chi connectivity index (χ4v) is 10.5. The summed E-state index contributed by atoms with van der Waals surface area (Å²) in [4.78, 5) is 28.1. The first kappa shape index (κ1) is 56.4. The van der Waals surface area contributed by atoms with Gasteiger partial charge in [-0.25, -0.2) is 4.98 Å². The largest absolute Gasteiger partial charge is 3.00 e. The molecule has 0 saturated carbocycles. The van der Waals surface area contributed by atoms with Crippen molar-refractivity contribution in [3.05, 3.63) is 340 Å². The molecule has 0 N–H and O–H groups in total. The smallest absolute Gasteiger partial charge is 0.307 e. The van der Waals surface area contributed by atoms with Gasteiger partial charge in [-0.1, -0.05) is 194 Å². The maximum absolute atomic E-state index is 5.17. The van der Waals surface area contributed by atoms with Crippen LogP contribution < -0.4 is 0 Å². The molecule has 6 aromatic heterocycles. The van der Waals surface area contributed by atoms with Crippen molar-refractivity contribution in [2.24, 2.45) is 0 Å². The van der Waals surface area contributed by atoms with Crippen molar-refractivity contribution >= 4 is 43.6 Å². The minimum absolute atomic E-state index is 0. The number of fused-ring (bicyclic) bond motifs is 7. The van der Waals surface area contributed by atoms with Gasteiger partial charge >= 0.3 is 20.1 Å². The first-order chi connectivity index (χ1) is 42.7. The van der Waals surface area contributed by atoms with Crippen LogP contribution in [0, 0.1) is 18.2 Å². The van der Waals surface area contributed by atoms with Gasteiger partial charge < -0.3 is 19.5 Å². The van der Waals surface area contributed by atoms with Crippen LogP contribution in [-0.4, -0.2) is 39.0 Å². The summed E-state index contributed by atoms with van der Waals surface area (Å²) in [5.74, 6) is 1.86. The fraction of sp³-hybridized carbons (Fsp3) is 0. The number of hydrogen-bond acceptors (Lipinski definition) is 6. The topological polar surface area (TPSA) is 87.2 Å². The van der Waals surface area contributed by atoms with E-state index in [4.69, 9.17) is 15.0 Å². The molecule has 0 atom stereocenters. The number of rotatable bonds is 8. The summed E-state index contributed by atoms with van der Waals surface area (Å²) in [7, 11) is 0. The SMILES string of the molecule is [Ir+3].[c-]1ccc(-c2ccccc2)cc1-c1ccccn1.[c-]1ccccc1-c1ccccn1.[c-]1ccccc1-c1ccccn1.c1ccc(-c2nc(-c3ccccc3)nc(-n3c4ccccc4c4ccc5c6ccccc6n(-c6ccccc6)c5c43)n2)cc1. The van der Waals surface area contributed by atoms with Crippen molar-refractivity contribution in [3.8, 4) is 79.3 Å². The Labute approximate surface area is 518 Å². The van der Waals surface area contributed by atoms with Crippen molar-refractivity contribution in [1.29, 1.82) is 0 Å². The Morgan fingerprint density at radius 3 is 1.15 bits per heavy atom. The third-order valence-corrected chi connectivity index (χ3v) is 14.5. The number of benzene rings is 10. The molecule has 0 aliphatic heterocycles. The van der Waals surface area contributed by atoms with E-state index in [0.717, 1.165) is 83.4 Å². The summed E-state index contributed by atoms with van der Waals surface area (Å²) in [5.41, 5.74) is 15.8. The normalized spacial score (nSPS) is 10.7. The van der Waals surface area contributed by atoms with E-state index < -0.39 is 0 Å². The van der Waals surface area contributed by atoms with Crippen molar-refractivity contribution in [3.63, 3.8) is 0 Å². The van der Waals surface area contributed by atoms with Gasteiger partial charge in [0.2, 0.25) is 5.95 Å². The van der Waals surface area contributed by atoms with Crippen LogP contribution in [0.4, 0.5) is 0 Å². The third kappa shape index (κ3) is 12.6. The van der Waals surface area contributed by atoms with E-state index in [1.165, 1.54) is 21.9 Å². The third-order valence-electron chi connectivity index (χ3n) is 14.5. The van der Waals surface area contributed by atoms with E-state index in [0.29, 0.717) is 17.6 Å². The number of aromatic nitrogens is 8. The van der Waals surface area contributed by atoms with Crippen LogP contribution >= 0.6 is 0 Å². The molecule has 0 aliphatic rings. The Kier molecular flexibility index (Phi) is 17.6. The first-order valence-electron chi connectivity index (χ1n) is 28.3. The maximum Gasteiger partial charge on any atom is 3.00 e. The van der Waals surface area contributed by atoms with Crippen LogP contribution in [0.15, 0.2) is 322 Å². The van der Waals surface area contributed by atoms with Crippen LogP contribution in [0.5, 0.6) is 0 Å². The summed E-state index contributed by atoms with van der Waals surface area (Å²) < 4.78 is 4.60. The van der Waals surface area contributed by atoms with Gasteiger partial charge in [-0.15, -0.1) is 107 Å². The summed E-state index contributed by atoms with van der Waals surface area (Å²) in [6.45, 7) is 0. The van der Waals surface area contributed by atoms with Crippen molar-refractivity contribution in [2.45, 2.75) is 0 Å². The summed E-state index contributed by atoms with van der Waals surface area (Å²) in [6.07, 6.45) is 5.38. The zero-order chi connectivity index (χ0) is 57.7. The molecular weight excluding hydrogens is 1240 g/mol. The van der Waals surface area contributed by atoms with Gasteiger partial charge in [0.05, 0.1) is 22.1 Å². The summed E-state index contributed by atoms with van der Waals surface area (Å²) in [5, 5.41) is 4.69. The molecule has 6 heterocycles. The Morgan fingerprint density at radius 2 is 0.678 bits per heavy atom. The summed E-state index contributed by atoms with van der Waals surface area (Å²) >= 11 is 0. The minimum atomic E-state index is 0. The van der Waals surface area contributed by atoms with E-state index in [9.17, 15) is 0 Å². The van der Waals surface area contributed by atoms with Crippen molar-refractivity contribution in [2.75, 3.05) is 0 Å².